The van der Waals surface area contributed by atoms with Gasteiger partial charge < -0.3 is 5.11 Å². The number of hydrogen-bond donors (Lipinski definition) is 1. The van der Waals surface area contributed by atoms with Crippen LogP contribution < -0.4 is 0 Å². The summed E-state index contributed by atoms with van der Waals surface area (Å²) < 4.78 is 13.6. The van der Waals surface area contributed by atoms with Crippen LogP contribution in [0.2, 0.25) is 0 Å². The van der Waals surface area contributed by atoms with Crippen molar-refractivity contribution in [3.05, 3.63) is 88.0 Å². The Hall–Kier alpha value is -2.78. The van der Waals surface area contributed by atoms with Crippen molar-refractivity contribution in [3.8, 4) is 11.1 Å². The monoisotopic (exact) mass is 403 g/mol. The van der Waals surface area contributed by atoms with Gasteiger partial charge in [0.1, 0.15) is 5.82 Å². The molecule has 1 heterocycles. The van der Waals surface area contributed by atoms with E-state index in [9.17, 15) is 9.50 Å². The molecule has 2 aromatic carbocycles. The summed E-state index contributed by atoms with van der Waals surface area (Å²) in [6, 6.07) is 14.8. The van der Waals surface area contributed by atoms with Crippen LogP contribution >= 0.6 is 0 Å². The van der Waals surface area contributed by atoms with Crippen molar-refractivity contribution in [1.29, 1.82) is 0 Å². The van der Waals surface area contributed by atoms with Crippen LogP contribution in [0.1, 0.15) is 73.2 Å². The van der Waals surface area contributed by atoms with E-state index in [-0.39, 0.29) is 24.3 Å². The van der Waals surface area contributed by atoms with Crippen molar-refractivity contribution in [2.24, 2.45) is 0 Å². The maximum Gasteiger partial charge on any atom is 0.123 e. The summed E-state index contributed by atoms with van der Waals surface area (Å²) in [6.45, 7) is 10.4. The molecule has 1 N–H and O–H groups in total. The van der Waals surface area contributed by atoms with Crippen LogP contribution in [0.4, 0.5) is 4.39 Å². The molecule has 2 nitrogen and oxygen atoms in total. The number of halogens is 1. The highest BCUT2D eigenvalue weighted by Crippen LogP contribution is 2.37. The number of aliphatic hydroxyl groups is 1. The highest BCUT2D eigenvalue weighted by molar-refractivity contribution is 5.84. The van der Waals surface area contributed by atoms with E-state index in [0.29, 0.717) is 0 Å². The van der Waals surface area contributed by atoms with E-state index in [1.165, 1.54) is 17.7 Å². The van der Waals surface area contributed by atoms with Gasteiger partial charge in [-0.15, -0.1) is 0 Å². The normalized spacial score (nSPS) is 11.8. The summed E-state index contributed by atoms with van der Waals surface area (Å²) in [5.41, 5.74) is 7.80. The smallest absolute Gasteiger partial charge is 0.123 e. The molecule has 0 saturated carbocycles. The van der Waals surface area contributed by atoms with Crippen molar-refractivity contribution < 1.29 is 9.50 Å². The molecule has 0 bridgehead atoms. The van der Waals surface area contributed by atoms with Gasteiger partial charge in [0.25, 0.3) is 0 Å². The first-order chi connectivity index (χ1) is 14.3. The molecule has 3 heteroatoms. The standard InChI is InChI=1S/C27H30FNO/c1-17(2)26-23(15-10-20-8-6-19(5)7-9-20)25(21-11-13-22(28)14-12-21)24(16-30)27(29-26)18(3)4/h6-15,17-18,30H,16H2,1-5H3. The number of aryl methyl sites for hydroxylation is 1. The molecule has 0 amide bonds. The topological polar surface area (TPSA) is 33.1 Å². The van der Waals surface area contributed by atoms with Crippen molar-refractivity contribution in [2.75, 3.05) is 0 Å². The molecule has 0 aliphatic rings. The molecular formula is C27H30FNO. The molecular weight excluding hydrogens is 373 g/mol. The number of aromatic nitrogens is 1. The Balaban J connectivity index is 2.31. The predicted molar refractivity (Wildman–Crippen MR) is 124 cm³/mol. The molecule has 156 valence electrons. The van der Waals surface area contributed by atoms with E-state index >= 15 is 0 Å². The molecule has 1 aromatic heterocycles. The number of aliphatic hydroxyl groups excluding tert-OH is 1. The number of rotatable bonds is 6. The molecule has 0 unspecified atom stereocenters. The molecule has 0 aliphatic heterocycles. The van der Waals surface area contributed by atoms with Gasteiger partial charge in [0, 0.05) is 16.8 Å². The van der Waals surface area contributed by atoms with Gasteiger partial charge in [0.15, 0.2) is 0 Å². The minimum absolute atomic E-state index is 0.114. The second-order valence-corrected chi connectivity index (χ2v) is 8.37. The maximum absolute atomic E-state index is 13.6. The van der Waals surface area contributed by atoms with Crippen molar-refractivity contribution >= 4 is 12.2 Å². The van der Waals surface area contributed by atoms with Gasteiger partial charge in [0.2, 0.25) is 0 Å². The van der Waals surface area contributed by atoms with E-state index < -0.39 is 0 Å². The second kappa shape index (κ2) is 9.36. The zero-order valence-electron chi connectivity index (χ0n) is 18.4. The maximum atomic E-state index is 13.6. The predicted octanol–water partition coefficient (Wildman–Crippen LogP) is 7.11. The van der Waals surface area contributed by atoms with Crippen molar-refractivity contribution in [2.45, 2.75) is 53.1 Å². The van der Waals surface area contributed by atoms with Gasteiger partial charge in [0.05, 0.1) is 12.3 Å². The minimum Gasteiger partial charge on any atom is -0.392 e. The summed E-state index contributed by atoms with van der Waals surface area (Å²) in [4.78, 5) is 4.99. The van der Waals surface area contributed by atoms with Crippen LogP contribution in [0.25, 0.3) is 23.3 Å². The lowest BCUT2D eigenvalue weighted by atomic mass is 9.87. The molecule has 0 aliphatic carbocycles. The highest BCUT2D eigenvalue weighted by Gasteiger charge is 2.22. The number of nitrogens with zero attached hydrogens (tertiary/aromatic N) is 1. The van der Waals surface area contributed by atoms with E-state index in [0.717, 1.165) is 39.2 Å². The minimum atomic E-state index is -0.275. The van der Waals surface area contributed by atoms with E-state index in [1.54, 1.807) is 12.1 Å². The quantitative estimate of drug-likeness (QED) is 0.476. The Labute approximate surface area is 179 Å². The van der Waals surface area contributed by atoms with Crippen LogP contribution in [-0.4, -0.2) is 10.1 Å². The first kappa shape index (κ1) is 21.9. The third kappa shape index (κ3) is 4.68. The molecule has 0 saturated heterocycles. The number of pyridine rings is 1. The Morgan fingerprint density at radius 3 is 2.00 bits per heavy atom. The number of hydrogen-bond acceptors (Lipinski definition) is 2. The zero-order valence-corrected chi connectivity index (χ0v) is 18.4. The molecule has 30 heavy (non-hydrogen) atoms. The van der Waals surface area contributed by atoms with Crippen LogP contribution in [-0.2, 0) is 6.61 Å². The molecule has 0 radical (unpaired) electrons. The van der Waals surface area contributed by atoms with Crippen molar-refractivity contribution in [1.82, 2.24) is 4.98 Å². The molecule has 0 atom stereocenters. The first-order valence-electron chi connectivity index (χ1n) is 10.5. The second-order valence-electron chi connectivity index (χ2n) is 8.37. The highest BCUT2D eigenvalue weighted by atomic mass is 19.1. The van der Waals surface area contributed by atoms with E-state index in [2.05, 4.69) is 71.0 Å². The SMILES string of the molecule is Cc1ccc(C=Cc2c(C(C)C)nc(C(C)C)c(CO)c2-c2ccc(F)cc2)cc1. The zero-order chi connectivity index (χ0) is 21.8. The summed E-state index contributed by atoms with van der Waals surface area (Å²) in [7, 11) is 0. The van der Waals surface area contributed by atoms with Crippen LogP contribution in [0, 0.1) is 12.7 Å². The van der Waals surface area contributed by atoms with Gasteiger partial charge >= 0.3 is 0 Å². The largest absolute Gasteiger partial charge is 0.392 e. The fraction of sp³-hybridized carbons (Fsp3) is 0.296. The van der Waals surface area contributed by atoms with E-state index in [1.807, 2.05) is 0 Å². The fourth-order valence-electron chi connectivity index (χ4n) is 3.73. The van der Waals surface area contributed by atoms with Gasteiger partial charge in [-0.05, 0) is 47.6 Å². The van der Waals surface area contributed by atoms with Gasteiger partial charge in [-0.25, -0.2) is 4.39 Å². The third-order valence-electron chi connectivity index (χ3n) is 5.30. The summed E-state index contributed by atoms with van der Waals surface area (Å²) in [5, 5.41) is 10.3. The van der Waals surface area contributed by atoms with Crippen LogP contribution in [0.5, 0.6) is 0 Å². The average molecular weight is 404 g/mol. The third-order valence-corrected chi connectivity index (χ3v) is 5.30. The number of benzene rings is 2. The Morgan fingerprint density at radius 1 is 0.867 bits per heavy atom. The summed E-state index contributed by atoms with van der Waals surface area (Å²) >= 11 is 0. The van der Waals surface area contributed by atoms with Gasteiger partial charge in [-0.2, -0.15) is 0 Å². The summed E-state index contributed by atoms with van der Waals surface area (Å²) in [6.07, 6.45) is 4.15. The Morgan fingerprint density at radius 2 is 1.47 bits per heavy atom. The van der Waals surface area contributed by atoms with Crippen LogP contribution in [0.15, 0.2) is 48.5 Å². The van der Waals surface area contributed by atoms with E-state index in [4.69, 9.17) is 4.98 Å². The molecule has 3 rings (SSSR count). The van der Waals surface area contributed by atoms with Crippen molar-refractivity contribution in [3.63, 3.8) is 0 Å². The lowest BCUT2D eigenvalue weighted by Gasteiger charge is -2.23. The van der Waals surface area contributed by atoms with Gasteiger partial charge in [-0.1, -0.05) is 81.8 Å². The lowest BCUT2D eigenvalue weighted by Crippen LogP contribution is -2.10. The Bertz CT molecular complexity index is 1030. The molecule has 0 spiro atoms. The summed E-state index contributed by atoms with van der Waals surface area (Å²) in [5.74, 6) is 0.0920. The average Bonchev–Trinajstić information content (AvgIpc) is 2.72. The fourth-order valence-corrected chi connectivity index (χ4v) is 3.73. The Kier molecular flexibility index (Phi) is 6.84. The molecule has 0 fully saturated rings. The lowest BCUT2D eigenvalue weighted by molar-refractivity contribution is 0.280. The first-order valence-corrected chi connectivity index (χ1v) is 10.5. The molecule has 3 aromatic rings. The van der Waals surface area contributed by atoms with Gasteiger partial charge in [-0.3, -0.25) is 4.98 Å². The van der Waals surface area contributed by atoms with Crippen LogP contribution in [0.3, 0.4) is 0 Å².